The van der Waals surface area contributed by atoms with Crippen LogP contribution >= 0.6 is 0 Å². The number of hydrogen-bond donors (Lipinski definition) is 1. The topological polar surface area (TPSA) is 44.5 Å². The minimum Gasteiger partial charge on any atom is -0.488 e. The summed E-state index contributed by atoms with van der Waals surface area (Å²) >= 11 is 0. The SMILES string of the molecule is NCCOc1cc(-c2cccc(C(F)(F)F)c2F)ccc1OC(F)(F)F. The smallest absolute Gasteiger partial charge is 0.488 e. The standard InChI is InChI=1S/C16H12F7NO2/c17-14-10(2-1-3-11(14)15(18,19)20)9-4-5-12(26-16(21,22)23)13(8-9)25-7-6-24/h1-5,8H,6-7,24H2. The van der Waals surface area contributed by atoms with Gasteiger partial charge in [-0.2, -0.15) is 13.2 Å². The summed E-state index contributed by atoms with van der Waals surface area (Å²) in [6.45, 7) is -0.212. The van der Waals surface area contributed by atoms with Crippen LogP contribution in [0, 0.1) is 5.82 Å². The molecule has 0 aromatic heterocycles. The van der Waals surface area contributed by atoms with Gasteiger partial charge in [-0.25, -0.2) is 4.39 Å². The van der Waals surface area contributed by atoms with E-state index in [2.05, 4.69) is 4.74 Å². The van der Waals surface area contributed by atoms with Crippen molar-refractivity contribution in [2.75, 3.05) is 13.2 Å². The van der Waals surface area contributed by atoms with Crippen LogP contribution in [0.5, 0.6) is 11.5 Å². The minimum absolute atomic E-state index is 0.0341. The first kappa shape index (κ1) is 19.8. The van der Waals surface area contributed by atoms with Gasteiger partial charge in [-0.3, -0.25) is 0 Å². The van der Waals surface area contributed by atoms with Crippen molar-refractivity contribution >= 4 is 0 Å². The first-order valence-electron chi connectivity index (χ1n) is 7.11. The number of rotatable bonds is 5. The molecule has 0 saturated heterocycles. The van der Waals surface area contributed by atoms with E-state index >= 15 is 0 Å². The lowest BCUT2D eigenvalue weighted by Gasteiger charge is -2.16. The molecule has 0 unspecified atom stereocenters. The average Bonchev–Trinajstić information content (AvgIpc) is 2.52. The Morgan fingerprint density at radius 2 is 1.62 bits per heavy atom. The van der Waals surface area contributed by atoms with Crippen LogP contribution in [0.15, 0.2) is 36.4 Å². The quantitative estimate of drug-likeness (QED) is 0.758. The molecule has 0 aliphatic heterocycles. The summed E-state index contributed by atoms with van der Waals surface area (Å²) in [4.78, 5) is 0. The number of alkyl halides is 6. The van der Waals surface area contributed by atoms with Crippen LogP contribution in [0.25, 0.3) is 11.1 Å². The third kappa shape index (κ3) is 4.78. The molecular weight excluding hydrogens is 371 g/mol. The fourth-order valence-corrected chi connectivity index (χ4v) is 2.14. The number of benzene rings is 2. The summed E-state index contributed by atoms with van der Waals surface area (Å²) < 4.78 is 98.8. The van der Waals surface area contributed by atoms with Gasteiger partial charge in [0.25, 0.3) is 0 Å². The lowest BCUT2D eigenvalue weighted by Crippen LogP contribution is -2.18. The highest BCUT2D eigenvalue weighted by Gasteiger charge is 2.35. The van der Waals surface area contributed by atoms with Crippen LogP contribution in [0.3, 0.4) is 0 Å². The van der Waals surface area contributed by atoms with Crippen molar-refractivity contribution in [1.29, 1.82) is 0 Å². The molecule has 0 aliphatic rings. The van der Waals surface area contributed by atoms with Crippen molar-refractivity contribution < 1.29 is 40.2 Å². The molecule has 2 rings (SSSR count). The molecule has 2 aromatic rings. The normalized spacial score (nSPS) is 12.2. The fraction of sp³-hybridized carbons (Fsp3) is 0.250. The third-order valence-corrected chi connectivity index (χ3v) is 3.16. The van der Waals surface area contributed by atoms with Gasteiger partial charge in [0.15, 0.2) is 11.5 Å². The van der Waals surface area contributed by atoms with E-state index in [9.17, 15) is 30.7 Å². The summed E-state index contributed by atoms with van der Waals surface area (Å²) in [6, 6.07) is 5.39. The Morgan fingerprint density at radius 3 is 2.19 bits per heavy atom. The number of ether oxygens (including phenoxy) is 2. The molecule has 0 amide bonds. The molecule has 0 saturated carbocycles. The van der Waals surface area contributed by atoms with E-state index in [0.717, 1.165) is 30.3 Å². The third-order valence-electron chi connectivity index (χ3n) is 3.16. The van der Waals surface area contributed by atoms with Crippen molar-refractivity contribution in [3.8, 4) is 22.6 Å². The summed E-state index contributed by atoms with van der Waals surface area (Å²) in [7, 11) is 0. The van der Waals surface area contributed by atoms with E-state index in [1.54, 1.807) is 0 Å². The molecule has 0 spiro atoms. The highest BCUT2D eigenvalue weighted by atomic mass is 19.4. The van der Waals surface area contributed by atoms with Gasteiger partial charge in [0, 0.05) is 12.1 Å². The van der Waals surface area contributed by atoms with E-state index in [1.165, 1.54) is 0 Å². The Morgan fingerprint density at radius 1 is 0.923 bits per heavy atom. The maximum Gasteiger partial charge on any atom is 0.573 e. The molecule has 0 aliphatic carbocycles. The van der Waals surface area contributed by atoms with Crippen molar-refractivity contribution in [2.45, 2.75) is 12.5 Å². The molecular formula is C16H12F7NO2. The summed E-state index contributed by atoms with van der Waals surface area (Å²) in [5, 5.41) is 0. The predicted octanol–water partition coefficient (Wildman–Crippen LogP) is 4.75. The van der Waals surface area contributed by atoms with E-state index in [0.29, 0.717) is 6.07 Å². The molecule has 10 heteroatoms. The molecule has 3 nitrogen and oxygen atoms in total. The molecule has 2 aromatic carbocycles. The lowest BCUT2D eigenvalue weighted by atomic mass is 10.0. The first-order valence-corrected chi connectivity index (χ1v) is 7.11. The number of nitrogens with two attached hydrogens (primary N) is 1. The average molecular weight is 383 g/mol. The van der Waals surface area contributed by atoms with Crippen LogP contribution in [0.1, 0.15) is 5.56 Å². The van der Waals surface area contributed by atoms with Gasteiger partial charge >= 0.3 is 12.5 Å². The van der Waals surface area contributed by atoms with Gasteiger partial charge in [-0.1, -0.05) is 18.2 Å². The van der Waals surface area contributed by atoms with Gasteiger partial charge in [0.2, 0.25) is 0 Å². The Labute approximate surface area is 143 Å². The van der Waals surface area contributed by atoms with Crippen LogP contribution in [-0.4, -0.2) is 19.5 Å². The molecule has 26 heavy (non-hydrogen) atoms. The van der Waals surface area contributed by atoms with Gasteiger partial charge in [0.1, 0.15) is 12.4 Å². The zero-order valence-corrected chi connectivity index (χ0v) is 12.9. The molecule has 0 fully saturated rings. The molecule has 142 valence electrons. The van der Waals surface area contributed by atoms with Crippen LogP contribution in [0.4, 0.5) is 30.7 Å². The molecule has 0 bridgehead atoms. The molecule has 0 atom stereocenters. The van der Waals surface area contributed by atoms with Gasteiger partial charge in [-0.15, -0.1) is 13.2 Å². The van der Waals surface area contributed by atoms with E-state index in [1.807, 2.05) is 0 Å². The second kappa shape index (κ2) is 7.40. The van der Waals surface area contributed by atoms with Crippen molar-refractivity contribution in [3.63, 3.8) is 0 Å². The predicted molar refractivity (Wildman–Crippen MR) is 78.1 cm³/mol. The fourth-order valence-electron chi connectivity index (χ4n) is 2.14. The molecule has 0 heterocycles. The molecule has 0 radical (unpaired) electrons. The van der Waals surface area contributed by atoms with E-state index in [-0.39, 0.29) is 18.7 Å². The first-order chi connectivity index (χ1) is 12.0. The van der Waals surface area contributed by atoms with Gasteiger partial charge in [0.05, 0.1) is 5.56 Å². The van der Waals surface area contributed by atoms with E-state index < -0.39 is 41.0 Å². The summed E-state index contributed by atoms with van der Waals surface area (Å²) in [6.07, 6.45) is -9.93. The summed E-state index contributed by atoms with van der Waals surface area (Å²) in [5.41, 5.74) is 3.17. The zero-order chi connectivity index (χ0) is 19.5. The number of hydrogen-bond acceptors (Lipinski definition) is 3. The van der Waals surface area contributed by atoms with Crippen LogP contribution in [-0.2, 0) is 6.18 Å². The molecule has 2 N–H and O–H groups in total. The van der Waals surface area contributed by atoms with E-state index in [4.69, 9.17) is 10.5 Å². The largest absolute Gasteiger partial charge is 0.573 e. The second-order valence-electron chi connectivity index (χ2n) is 5.01. The van der Waals surface area contributed by atoms with Crippen molar-refractivity contribution in [1.82, 2.24) is 0 Å². The Hall–Kier alpha value is -2.49. The highest BCUT2D eigenvalue weighted by molar-refractivity contribution is 5.68. The van der Waals surface area contributed by atoms with Crippen LogP contribution in [0.2, 0.25) is 0 Å². The Kier molecular flexibility index (Phi) is 5.65. The van der Waals surface area contributed by atoms with Gasteiger partial charge < -0.3 is 15.2 Å². The zero-order valence-electron chi connectivity index (χ0n) is 12.9. The monoisotopic (exact) mass is 383 g/mol. The second-order valence-corrected chi connectivity index (χ2v) is 5.01. The van der Waals surface area contributed by atoms with Crippen molar-refractivity contribution in [2.24, 2.45) is 5.73 Å². The highest BCUT2D eigenvalue weighted by Crippen LogP contribution is 2.39. The Bertz CT molecular complexity index is 772. The van der Waals surface area contributed by atoms with Gasteiger partial charge in [-0.05, 0) is 23.8 Å². The maximum atomic E-state index is 14.2. The Balaban J connectivity index is 2.51. The summed E-state index contributed by atoms with van der Waals surface area (Å²) in [5.74, 6) is -2.70. The lowest BCUT2D eigenvalue weighted by molar-refractivity contribution is -0.275. The number of halogens is 7. The van der Waals surface area contributed by atoms with Crippen LogP contribution < -0.4 is 15.2 Å². The van der Waals surface area contributed by atoms with Crippen molar-refractivity contribution in [3.05, 3.63) is 47.8 Å². The minimum atomic E-state index is -5.01. The maximum absolute atomic E-state index is 14.2.